The van der Waals surface area contributed by atoms with Gasteiger partial charge in [0.2, 0.25) is 5.78 Å². The second-order valence-corrected chi connectivity index (χ2v) is 9.28. The smallest absolute Gasteiger partial charge is 0.349 e. The zero-order valence-corrected chi connectivity index (χ0v) is 19.5. The molecule has 0 radical (unpaired) electrons. The summed E-state index contributed by atoms with van der Waals surface area (Å²) in [5, 5.41) is 0.468. The van der Waals surface area contributed by atoms with Gasteiger partial charge in [-0.25, -0.2) is 9.78 Å². The lowest BCUT2D eigenvalue weighted by Gasteiger charge is -2.09. The van der Waals surface area contributed by atoms with Crippen LogP contribution in [0.5, 0.6) is 0 Å². The number of thiophene rings is 1. The first-order chi connectivity index (χ1) is 15.9. The molecule has 1 aliphatic heterocycles. The van der Waals surface area contributed by atoms with Crippen molar-refractivity contribution in [3.8, 4) is 5.69 Å². The molecule has 0 aliphatic carbocycles. The number of aromatic nitrogens is 3. The van der Waals surface area contributed by atoms with E-state index in [1.807, 2.05) is 54.8 Å². The van der Waals surface area contributed by atoms with Crippen LogP contribution in [0.15, 0.2) is 41.2 Å². The van der Waals surface area contributed by atoms with Crippen LogP contribution in [-0.4, -0.2) is 32.5 Å². The molecule has 0 bridgehead atoms. The molecule has 8 heteroatoms. The number of fused-ring (bicyclic) bond motifs is 2. The van der Waals surface area contributed by atoms with Crippen molar-refractivity contribution in [3.05, 3.63) is 80.0 Å². The van der Waals surface area contributed by atoms with E-state index in [2.05, 4.69) is 4.98 Å². The van der Waals surface area contributed by atoms with Gasteiger partial charge in [-0.15, -0.1) is 11.3 Å². The Labute approximate surface area is 194 Å². The van der Waals surface area contributed by atoms with Crippen molar-refractivity contribution in [1.82, 2.24) is 14.1 Å². The van der Waals surface area contributed by atoms with Gasteiger partial charge in [-0.05, 0) is 51.0 Å². The third-order valence-corrected chi connectivity index (χ3v) is 7.34. The second-order valence-electron chi connectivity index (χ2n) is 8.28. The number of para-hydroxylation sites is 1. The van der Waals surface area contributed by atoms with E-state index in [4.69, 9.17) is 4.74 Å². The maximum absolute atomic E-state index is 12.9. The molecule has 4 aromatic rings. The molecule has 0 fully saturated rings. The lowest BCUT2D eigenvalue weighted by atomic mass is 10.1. The van der Waals surface area contributed by atoms with E-state index < -0.39 is 5.97 Å². The fourth-order valence-corrected chi connectivity index (χ4v) is 5.65. The minimum absolute atomic E-state index is 0.107. The number of aryl methyl sites for hydroxylation is 3. The Morgan fingerprint density at radius 2 is 1.91 bits per heavy atom. The van der Waals surface area contributed by atoms with E-state index >= 15 is 0 Å². The first-order valence-corrected chi connectivity index (χ1v) is 11.7. The van der Waals surface area contributed by atoms with Crippen molar-refractivity contribution in [2.45, 2.75) is 40.2 Å². The SMILES string of the molecule is Cc1c(C(=O)OCC(=O)c2cc(C)n(-c3ccccc3)c2C)sc2nc3n(c(=O)c12)CCC3. The summed E-state index contributed by atoms with van der Waals surface area (Å²) in [5.74, 6) is -0.113. The average molecular weight is 462 g/mol. The van der Waals surface area contributed by atoms with Crippen molar-refractivity contribution < 1.29 is 14.3 Å². The third kappa shape index (κ3) is 3.51. The topological polar surface area (TPSA) is 83.2 Å². The van der Waals surface area contributed by atoms with Gasteiger partial charge in [0, 0.05) is 35.6 Å². The number of nitrogens with zero attached hydrogens (tertiary/aromatic N) is 3. The number of hydrogen-bond donors (Lipinski definition) is 0. The van der Waals surface area contributed by atoms with Crippen molar-refractivity contribution in [2.24, 2.45) is 0 Å². The van der Waals surface area contributed by atoms with Gasteiger partial charge in [-0.2, -0.15) is 0 Å². The van der Waals surface area contributed by atoms with Gasteiger partial charge < -0.3 is 9.30 Å². The van der Waals surface area contributed by atoms with Gasteiger partial charge in [-0.3, -0.25) is 14.2 Å². The summed E-state index contributed by atoms with van der Waals surface area (Å²) in [7, 11) is 0. The predicted molar refractivity (Wildman–Crippen MR) is 127 cm³/mol. The molecule has 0 atom stereocenters. The van der Waals surface area contributed by atoms with E-state index in [-0.39, 0.29) is 17.9 Å². The average Bonchev–Trinajstić information content (AvgIpc) is 3.49. The maximum atomic E-state index is 12.9. The van der Waals surface area contributed by atoms with Gasteiger partial charge in [-0.1, -0.05) is 18.2 Å². The quantitative estimate of drug-likeness (QED) is 0.329. The standard InChI is InChI=1S/C25H23N3O4S/c1-14-12-18(16(3)28(14)17-8-5-4-6-9-17)19(29)13-32-25(31)22-15(2)21-23(33-22)26-20-10-7-11-27(20)24(21)30/h4-6,8-9,12H,7,10-11,13H2,1-3H3. The van der Waals surface area contributed by atoms with Crippen molar-refractivity contribution in [3.63, 3.8) is 0 Å². The van der Waals surface area contributed by atoms with Gasteiger partial charge in [0.05, 0.1) is 5.39 Å². The molecule has 1 aromatic carbocycles. The lowest BCUT2D eigenvalue weighted by molar-refractivity contribution is 0.0479. The number of benzene rings is 1. The van der Waals surface area contributed by atoms with Crippen LogP contribution in [0.4, 0.5) is 0 Å². The zero-order chi connectivity index (χ0) is 23.3. The molecule has 0 unspecified atom stereocenters. The van der Waals surface area contributed by atoms with E-state index in [9.17, 15) is 14.4 Å². The van der Waals surface area contributed by atoms with Gasteiger partial charge >= 0.3 is 5.97 Å². The minimum Gasteiger partial charge on any atom is -0.453 e. The van der Waals surface area contributed by atoms with Gasteiger partial charge in [0.25, 0.3) is 5.56 Å². The van der Waals surface area contributed by atoms with Gasteiger partial charge in [0.1, 0.15) is 15.5 Å². The molecule has 0 saturated carbocycles. The number of ketones is 1. The molecule has 1 aliphatic rings. The van der Waals surface area contributed by atoms with Crippen LogP contribution in [-0.2, 0) is 17.7 Å². The molecule has 3 aromatic heterocycles. The third-order valence-electron chi connectivity index (χ3n) is 6.18. The highest BCUT2D eigenvalue weighted by Crippen LogP contribution is 2.29. The van der Waals surface area contributed by atoms with E-state index in [0.717, 1.165) is 47.1 Å². The van der Waals surface area contributed by atoms with Crippen LogP contribution in [0.3, 0.4) is 0 Å². The predicted octanol–water partition coefficient (Wildman–Crippen LogP) is 4.16. The fourth-order valence-electron chi connectivity index (χ4n) is 4.56. The number of hydrogen-bond acceptors (Lipinski definition) is 6. The molecule has 0 saturated heterocycles. The number of esters is 1. The summed E-state index contributed by atoms with van der Waals surface area (Å²) in [6.07, 6.45) is 1.66. The number of ether oxygens (including phenoxy) is 1. The van der Waals surface area contributed by atoms with E-state index in [1.165, 1.54) is 0 Å². The Balaban J connectivity index is 1.38. The minimum atomic E-state index is -0.606. The highest BCUT2D eigenvalue weighted by molar-refractivity contribution is 7.20. The number of carbonyl (C=O) groups is 2. The van der Waals surface area contributed by atoms with Crippen LogP contribution in [0.2, 0.25) is 0 Å². The van der Waals surface area contributed by atoms with Crippen LogP contribution >= 0.6 is 11.3 Å². The summed E-state index contributed by atoms with van der Waals surface area (Å²) in [6, 6.07) is 11.6. The van der Waals surface area contributed by atoms with E-state index in [1.54, 1.807) is 11.5 Å². The molecule has 7 nitrogen and oxygen atoms in total. The van der Waals surface area contributed by atoms with Crippen LogP contribution in [0.25, 0.3) is 15.9 Å². The summed E-state index contributed by atoms with van der Waals surface area (Å²) in [5.41, 5.74) is 3.67. The number of carbonyl (C=O) groups excluding carboxylic acids is 2. The molecular weight excluding hydrogens is 438 g/mol. The van der Waals surface area contributed by atoms with Crippen molar-refractivity contribution in [2.75, 3.05) is 6.61 Å². The highest BCUT2D eigenvalue weighted by atomic mass is 32.1. The summed E-state index contributed by atoms with van der Waals surface area (Å²) in [4.78, 5) is 44.0. The Kier molecular flexibility index (Phi) is 5.25. The Bertz CT molecular complexity index is 1480. The first kappa shape index (κ1) is 21.3. The second kappa shape index (κ2) is 8.12. The monoisotopic (exact) mass is 461 g/mol. The number of Topliss-reactive ketones (excluding diaryl/α,β-unsaturated/α-hetero) is 1. The molecule has 33 heavy (non-hydrogen) atoms. The normalized spacial score (nSPS) is 12.8. The Morgan fingerprint density at radius 3 is 2.67 bits per heavy atom. The molecule has 0 amide bonds. The van der Waals surface area contributed by atoms with E-state index in [0.29, 0.717) is 32.8 Å². The first-order valence-electron chi connectivity index (χ1n) is 10.8. The summed E-state index contributed by atoms with van der Waals surface area (Å²) >= 11 is 1.15. The Morgan fingerprint density at radius 1 is 1.15 bits per heavy atom. The molecular formula is C25H23N3O4S. The maximum Gasteiger partial charge on any atom is 0.349 e. The zero-order valence-electron chi connectivity index (χ0n) is 18.7. The van der Waals surface area contributed by atoms with Crippen molar-refractivity contribution in [1.29, 1.82) is 0 Å². The largest absolute Gasteiger partial charge is 0.453 e. The molecule has 4 heterocycles. The van der Waals surface area contributed by atoms with Crippen molar-refractivity contribution >= 4 is 33.3 Å². The molecule has 5 rings (SSSR count). The van der Waals surface area contributed by atoms with Crippen LogP contribution < -0.4 is 5.56 Å². The molecule has 0 N–H and O–H groups in total. The highest BCUT2D eigenvalue weighted by Gasteiger charge is 2.25. The summed E-state index contributed by atoms with van der Waals surface area (Å²) in [6.45, 7) is 5.84. The summed E-state index contributed by atoms with van der Waals surface area (Å²) < 4.78 is 9.07. The molecule has 168 valence electrons. The molecule has 0 spiro atoms. The Hall–Kier alpha value is -3.52. The van der Waals surface area contributed by atoms with Gasteiger partial charge in [0.15, 0.2) is 6.61 Å². The lowest BCUT2D eigenvalue weighted by Crippen LogP contribution is -2.20. The van der Waals surface area contributed by atoms with Crippen LogP contribution in [0.1, 0.15) is 49.2 Å². The van der Waals surface area contributed by atoms with Crippen LogP contribution in [0, 0.1) is 20.8 Å². The number of rotatable bonds is 5. The fraction of sp³-hybridized carbons (Fsp3) is 0.280.